The van der Waals surface area contributed by atoms with Gasteiger partial charge in [0.15, 0.2) is 0 Å². The number of amides is 2. The second kappa shape index (κ2) is 15.5. The maximum Gasteiger partial charge on any atom is 0.264 e. The van der Waals surface area contributed by atoms with Crippen molar-refractivity contribution in [2.75, 3.05) is 17.5 Å². The van der Waals surface area contributed by atoms with Crippen LogP contribution in [0.3, 0.4) is 0 Å². The molecule has 4 aromatic rings. The van der Waals surface area contributed by atoms with Crippen molar-refractivity contribution in [2.24, 2.45) is 0 Å². The van der Waals surface area contributed by atoms with Gasteiger partial charge in [0.05, 0.1) is 17.2 Å². The van der Waals surface area contributed by atoms with Crippen LogP contribution >= 0.6 is 0 Å². The van der Waals surface area contributed by atoms with Gasteiger partial charge in [-0.3, -0.25) is 13.9 Å². The summed E-state index contributed by atoms with van der Waals surface area (Å²) in [7, 11) is -4.35. The van der Waals surface area contributed by atoms with Gasteiger partial charge in [-0.25, -0.2) is 12.8 Å². The number of anilines is 1. The van der Waals surface area contributed by atoms with E-state index in [1.54, 1.807) is 24.3 Å². The van der Waals surface area contributed by atoms with Crippen molar-refractivity contribution in [3.63, 3.8) is 0 Å². The molecule has 8 nitrogen and oxygen atoms in total. The van der Waals surface area contributed by atoms with Gasteiger partial charge < -0.3 is 15.0 Å². The Labute approximate surface area is 270 Å². The standard InChI is InChI=1S/C36H40FN3O5S/c1-5-45-32-19-17-31(18-20-32)40(46(43,44)33-21-15-30(37)16-22-33)25-35(41)39(24-29-14-10-9-11-27(29)4)34(36(42)38-26(2)3)23-28-12-7-6-8-13-28/h6-22,26,34H,5,23-25H2,1-4H3,(H,38,42)/t34-/m0/s1. The fraction of sp³-hybridized carbons (Fsp3) is 0.278. The molecule has 0 saturated heterocycles. The van der Waals surface area contributed by atoms with Gasteiger partial charge >= 0.3 is 0 Å². The summed E-state index contributed by atoms with van der Waals surface area (Å²) in [4.78, 5) is 29.6. The normalized spacial score (nSPS) is 12.0. The lowest BCUT2D eigenvalue weighted by Crippen LogP contribution is -2.54. The van der Waals surface area contributed by atoms with E-state index in [1.807, 2.05) is 82.3 Å². The first kappa shape index (κ1) is 34.2. The highest BCUT2D eigenvalue weighted by atomic mass is 32.2. The molecule has 0 aliphatic heterocycles. The Balaban J connectivity index is 1.81. The lowest BCUT2D eigenvalue weighted by atomic mass is 10.0. The van der Waals surface area contributed by atoms with Crippen LogP contribution in [0.25, 0.3) is 0 Å². The Morgan fingerprint density at radius 1 is 0.870 bits per heavy atom. The molecule has 242 valence electrons. The van der Waals surface area contributed by atoms with Crippen molar-refractivity contribution in [2.45, 2.75) is 57.6 Å². The van der Waals surface area contributed by atoms with Gasteiger partial charge in [0.1, 0.15) is 24.2 Å². The van der Waals surface area contributed by atoms with Crippen molar-refractivity contribution in [1.29, 1.82) is 0 Å². The minimum Gasteiger partial charge on any atom is -0.494 e. The van der Waals surface area contributed by atoms with Crippen LogP contribution in [-0.4, -0.2) is 50.4 Å². The third kappa shape index (κ3) is 8.72. The molecule has 2 amide bonds. The summed E-state index contributed by atoms with van der Waals surface area (Å²) >= 11 is 0. The maximum atomic E-state index is 14.5. The molecule has 0 fully saturated rings. The van der Waals surface area contributed by atoms with Crippen LogP contribution in [0.5, 0.6) is 5.75 Å². The first-order valence-corrected chi connectivity index (χ1v) is 16.6. The van der Waals surface area contributed by atoms with E-state index in [2.05, 4.69) is 5.32 Å². The van der Waals surface area contributed by atoms with Gasteiger partial charge in [-0.1, -0.05) is 54.6 Å². The lowest BCUT2D eigenvalue weighted by molar-refractivity contribution is -0.140. The highest BCUT2D eigenvalue weighted by molar-refractivity contribution is 7.92. The van der Waals surface area contributed by atoms with Crippen LogP contribution in [0.15, 0.2) is 108 Å². The van der Waals surface area contributed by atoms with Crippen molar-refractivity contribution in [3.8, 4) is 5.75 Å². The molecule has 0 aliphatic rings. The summed E-state index contributed by atoms with van der Waals surface area (Å²) in [6.45, 7) is 7.32. The zero-order valence-electron chi connectivity index (χ0n) is 26.5. The molecule has 46 heavy (non-hydrogen) atoms. The van der Waals surface area contributed by atoms with E-state index in [1.165, 1.54) is 4.90 Å². The average Bonchev–Trinajstić information content (AvgIpc) is 3.03. The van der Waals surface area contributed by atoms with Crippen LogP contribution in [0, 0.1) is 12.7 Å². The fourth-order valence-electron chi connectivity index (χ4n) is 5.04. The molecule has 0 aromatic heterocycles. The quantitative estimate of drug-likeness (QED) is 0.185. The number of carbonyl (C=O) groups excluding carboxylic acids is 2. The number of nitrogens with one attached hydrogen (secondary N) is 1. The molecule has 0 spiro atoms. The number of hydrogen-bond acceptors (Lipinski definition) is 5. The van der Waals surface area contributed by atoms with Crippen LogP contribution < -0.4 is 14.4 Å². The lowest BCUT2D eigenvalue weighted by Gasteiger charge is -2.34. The number of ether oxygens (including phenoxy) is 1. The predicted molar refractivity (Wildman–Crippen MR) is 177 cm³/mol. The van der Waals surface area contributed by atoms with Gasteiger partial charge in [0.2, 0.25) is 11.8 Å². The summed E-state index contributed by atoms with van der Waals surface area (Å²) in [6.07, 6.45) is 0.213. The second-order valence-electron chi connectivity index (χ2n) is 11.2. The van der Waals surface area contributed by atoms with Gasteiger partial charge in [0, 0.05) is 19.0 Å². The zero-order chi connectivity index (χ0) is 33.3. The SMILES string of the molecule is CCOc1ccc(N(CC(=O)N(Cc2ccccc2C)[C@@H](Cc2ccccc2)C(=O)NC(C)C)S(=O)(=O)c2ccc(F)cc2)cc1. The number of halogens is 1. The molecule has 0 radical (unpaired) electrons. The Hall–Kier alpha value is -4.70. The summed E-state index contributed by atoms with van der Waals surface area (Å²) in [5, 5.41) is 2.95. The van der Waals surface area contributed by atoms with Gasteiger partial charge in [-0.2, -0.15) is 0 Å². The third-order valence-corrected chi connectivity index (χ3v) is 9.21. The molecule has 0 saturated carbocycles. The molecule has 1 atom stereocenters. The fourth-order valence-corrected chi connectivity index (χ4v) is 6.46. The van der Waals surface area contributed by atoms with Crippen LogP contribution in [0.4, 0.5) is 10.1 Å². The average molecular weight is 646 g/mol. The number of hydrogen-bond donors (Lipinski definition) is 1. The Morgan fingerprint density at radius 3 is 2.11 bits per heavy atom. The van der Waals surface area contributed by atoms with Gasteiger partial charge in [0.25, 0.3) is 10.0 Å². The molecule has 10 heteroatoms. The number of aryl methyl sites for hydroxylation is 1. The van der Waals surface area contributed by atoms with Crippen LogP contribution in [0.1, 0.15) is 37.5 Å². The Bertz CT molecular complexity index is 1710. The summed E-state index contributed by atoms with van der Waals surface area (Å²) < 4.78 is 48.5. The van der Waals surface area contributed by atoms with Crippen LogP contribution in [-0.2, 0) is 32.6 Å². The molecule has 0 aliphatic carbocycles. The predicted octanol–water partition coefficient (Wildman–Crippen LogP) is 5.89. The largest absolute Gasteiger partial charge is 0.494 e. The molecular weight excluding hydrogens is 605 g/mol. The van der Waals surface area contributed by atoms with Crippen molar-refractivity contribution < 1.29 is 27.1 Å². The van der Waals surface area contributed by atoms with Crippen molar-refractivity contribution >= 4 is 27.5 Å². The summed E-state index contributed by atoms with van der Waals surface area (Å²) in [6, 6.07) is 26.6. The molecule has 4 aromatic carbocycles. The second-order valence-corrected chi connectivity index (χ2v) is 13.1. The van der Waals surface area contributed by atoms with Gasteiger partial charge in [-0.15, -0.1) is 0 Å². The smallest absolute Gasteiger partial charge is 0.264 e. The number of rotatable bonds is 14. The van der Waals surface area contributed by atoms with Crippen LogP contribution in [0.2, 0.25) is 0 Å². The summed E-state index contributed by atoms with van der Waals surface area (Å²) in [5.41, 5.74) is 2.80. The van der Waals surface area contributed by atoms with E-state index >= 15 is 0 Å². The molecule has 1 N–H and O–H groups in total. The number of nitrogens with zero attached hydrogens (tertiary/aromatic N) is 2. The first-order valence-electron chi connectivity index (χ1n) is 15.2. The third-order valence-electron chi connectivity index (χ3n) is 7.42. The number of sulfonamides is 1. The first-order chi connectivity index (χ1) is 22.0. The highest BCUT2D eigenvalue weighted by Crippen LogP contribution is 2.27. The van der Waals surface area contributed by atoms with E-state index in [-0.39, 0.29) is 35.5 Å². The molecular formula is C36H40FN3O5S. The highest BCUT2D eigenvalue weighted by Gasteiger charge is 2.35. The minimum atomic E-state index is -4.35. The monoisotopic (exact) mass is 645 g/mol. The van der Waals surface area contributed by atoms with E-state index in [9.17, 15) is 22.4 Å². The Kier molecular flexibility index (Phi) is 11.5. The summed E-state index contributed by atoms with van der Waals surface area (Å²) in [5.74, 6) is -0.990. The number of carbonyl (C=O) groups is 2. The minimum absolute atomic E-state index is 0.0717. The van der Waals surface area contributed by atoms with Gasteiger partial charge in [-0.05, 0) is 92.9 Å². The molecule has 0 bridgehead atoms. The Morgan fingerprint density at radius 2 is 1.50 bits per heavy atom. The molecule has 0 unspecified atom stereocenters. The van der Waals surface area contributed by atoms with Crippen molar-refractivity contribution in [3.05, 3.63) is 126 Å². The van der Waals surface area contributed by atoms with Crippen molar-refractivity contribution in [1.82, 2.24) is 10.2 Å². The van der Waals surface area contributed by atoms with E-state index in [0.717, 1.165) is 45.3 Å². The topological polar surface area (TPSA) is 96.0 Å². The van der Waals surface area contributed by atoms with E-state index < -0.39 is 34.3 Å². The van der Waals surface area contributed by atoms with E-state index in [0.29, 0.717) is 12.4 Å². The maximum absolute atomic E-state index is 14.5. The zero-order valence-corrected chi connectivity index (χ0v) is 27.3. The molecule has 0 heterocycles. The molecule has 4 rings (SSSR count). The van der Waals surface area contributed by atoms with E-state index in [4.69, 9.17) is 4.74 Å². The number of benzene rings is 4.